The van der Waals surface area contributed by atoms with Crippen LogP contribution in [0.2, 0.25) is 0 Å². The lowest BCUT2D eigenvalue weighted by Crippen LogP contribution is -2.50. The molecular formula is C13H23BrO3. The van der Waals surface area contributed by atoms with Crippen molar-refractivity contribution in [1.29, 1.82) is 0 Å². The maximum Gasteiger partial charge on any atom is 0.325 e. The van der Waals surface area contributed by atoms with Gasteiger partial charge in [-0.1, -0.05) is 36.7 Å². The normalized spacial score (nSPS) is 33.2. The summed E-state index contributed by atoms with van der Waals surface area (Å²) in [6, 6.07) is 0. The van der Waals surface area contributed by atoms with Crippen LogP contribution < -0.4 is 0 Å². The zero-order chi connectivity index (χ0) is 13.2. The minimum absolute atomic E-state index is 0.112. The Morgan fingerprint density at radius 1 is 1.47 bits per heavy atom. The molecule has 0 amide bonds. The molecule has 0 N–H and O–H groups in total. The lowest BCUT2D eigenvalue weighted by Gasteiger charge is -2.41. The van der Waals surface area contributed by atoms with Crippen LogP contribution in [-0.2, 0) is 14.3 Å². The highest BCUT2D eigenvalue weighted by molar-refractivity contribution is 9.10. The molecule has 3 nitrogen and oxygen atoms in total. The number of carbonyl (C=O) groups is 1. The lowest BCUT2D eigenvalue weighted by molar-refractivity contribution is -0.156. The van der Waals surface area contributed by atoms with E-state index < -0.39 is 4.32 Å². The highest BCUT2D eigenvalue weighted by Gasteiger charge is 2.45. The summed E-state index contributed by atoms with van der Waals surface area (Å²) in [4.78, 5) is 11.7. The number of esters is 1. The summed E-state index contributed by atoms with van der Waals surface area (Å²) in [5.41, 5.74) is 0. The zero-order valence-electron chi connectivity index (χ0n) is 11.3. The Balaban J connectivity index is 2.77. The van der Waals surface area contributed by atoms with Crippen LogP contribution in [0.5, 0.6) is 0 Å². The van der Waals surface area contributed by atoms with E-state index in [0.29, 0.717) is 11.8 Å². The fourth-order valence-electron chi connectivity index (χ4n) is 2.51. The summed E-state index contributed by atoms with van der Waals surface area (Å²) in [5.74, 6) is 0.750. The van der Waals surface area contributed by atoms with Gasteiger partial charge in [-0.05, 0) is 31.6 Å². The molecular weight excluding hydrogens is 284 g/mol. The smallest absolute Gasteiger partial charge is 0.325 e. The van der Waals surface area contributed by atoms with Crippen molar-refractivity contribution in [3.63, 3.8) is 0 Å². The Morgan fingerprint density at radius 3 is 2.53 bits per heavy atom. The third kappa shape index (κ3) is 3.22. The molecule has 0 aromatic carbocycles. The average Bonchev–Trinajstić information content (AvgIpc) is 2.27. The summed E-state index contributed by atoms with van der Waals surface area (Å²) >= 11 is 3.47. The SMILES string of the molecule is COC(=O)C(C)(Br)[C@@H]1CC[C@@H](C)[C@@H](C(C)C)O1. The summed E-state index contributed by atoms with van der Waals surface area (Å²) in [5, 5.41) is 0. The van der Waals surface area contributed by atoms with Crippen LogP contribution in [-0.4, -0.2) is 29.6 Å². The molecule has 1 unspecified atom stereocenters. The molecule has 0 saturated carbocycles. The topological polar surface area (TPSA) is 35.5 Å². The van der Waals surface area contributed by atoms with Gasteiger partial charge in [-0.3, -0.25) is 4.79 Å². The number of carbonyl (C=O) groups excluding carboxylic acids is 1. The van der Waals surface area contributed by atoms with E-state index >= 15 is 0 Å². The first-order valence-electron chi connectivity index (χ1n) is 6.23. The number of methoxy groups -OCH3 is 1. The first kappa shape index (κ1) is 15.0. The largest absolute Gasteiger partial charge is 0.468 e. The van der Waals surface area contributed by atoms with Crippen LogP contribution in [0.3, 0.4) is 0 Å². The minimum Gasteiger partial charge on any atom is -0.468 e. The van der Waals surface area contributed by atoms with Crippen molar-refractivity contribution < 1.29 is 14.3 Å². The summed E-state index contributed by atoms with van der Waals surface area (Å²) in [6.07, 6.45) is 2.08. The first-order chi connectivity index (χ1) is 7.80. The van der Waals surface area contributed by atoms with Crippen molar-refractivity contribution in [3.8, 4) is 0 Å². The molecule has 1 rings (SSSR count). The van der Waals surface area contributed by atoms with Crippen molar-refractivity contribution >= 4 is 21.9 Å². The molecule has 0 bridgehead atoms. The van der Waals surface area contributed by atoms with Crippen LogP contribution in [0.15, 0.2) is 0 Å². The van der Waals surface area contributed by atoms with Gasteiger partial charge in [-0.2, -0.15) is 0 Å². The number of ether oxygens (including phenoxy) is 2. The highest BCUT2D eigenvalue weighted by atomic mass is 79.9. The molecule has 0 aromatic heterocycles. The maximum absolute atomic E-state index is 11.7. The average molecular weight is 307 g/mol. The van der Waals surface area contributed by atoms with Crippen molar-refractivity contribution in [3.05, 3.63) is 0 Å². The monoisotopic (exact) mass is 306 g/mol. The van der Waals surface area contributed by atoms with E-state index in [1.54, 1.807) is 0 Å². The molecule has 1 aliphatic rings. The van der Waals surface area contributed by atoms with Crippen LogP contribution in [0.1, 0.15) is 40.5 Å². The second-order valence-corrected chi connectivity index (χ2v) is 7.10. The maximum atomic E-state index is 11.7. The number of rotatable bonds is 3. The third-order valence-electron chi connectivity index (χ3n) is 3.61. The molecule has 0 aromatic rings. The second kappa shape index (κ2) is 5.70. The van der Waals surface area contributed by atoms with Crippen LogP contribution >= 0.6 is 15.9 Å². The Morgan fingerprint density at radius 2 is 2.06 bits per heavy atom. The van der Waals surface area contributed by atoms with Crippen molar-refractivity contribution in [1.82, 2.24) is 0 Å². The fourth-order valence-corrected chi connectivity index (χ4v) is 3.01. The zero-order valence-corrected chi connectivity index (χ0v) is 12.9. The summed E-state index contributed by atoms with van der Waals surface area (Å²) < 4.78 is 10.2. The predicted octanol–water partition coefficient (Wildman–Crippen LogP) is 3.15. The predicted molar refractivity (Wildman–Crippen MR) is 71.2 cm³/mol. The van der Waals surface area contributed by atoms with Gasteiger partial charge in [0.15, 0.2) is 0 Å². The van der Waals surface area contributed by atoms with Crippen LogP contribution in [0.25, 0.3) is 0 Å². The number of hydrogen-bond donors (Lipinski definition) is 0. The minimum atomic E-state index is -0.741. The molecule has 17 heavy (non-hydrogen) atoms. The van der Waals surface area contributed by atoms with Crippen molar-refractivity contribution in [2.45, 2.75) is 57.1 Å². The van der Waals surface area contributed by atoms with Gasteiger partial charge in [0.1, 0.15) is 4.32 Å². The number of alkyl halides is 1. The molecule has 0 spiro atoms. The third-order valence-corrected chi connectivity index (χ3v) is 4.45. The second-order valence-electron chi connectivity index (χ2n) is 5.46. The van der Waals surface area contributed by atoms with E-state index in [2.05, 4.69) is 36.7 Å². The Labute approximate surface area is 112 Å². The molecule has 1 heterocycles. The van der Waals surface area contributed by atoms with E-state index in [1.165, 1.54) is 7.11 Å². The van der Waals surface area contributed by atoms with Gasteiger partial charge < -0.3 is 9.47 Å². The van der Waals surface area contributed by atoms with Gasteiger partial charge in [0.05, 0.1) is 19.3 Å². The summed E-state index contributed by atoms with van der Waals surface area (Å²) in [6.45, 7) is 8.36. The van der Waals surface area contributed by atoms with E-state index in [9.17, 15) is 4.79 Å². The van der Waals surface area contributed by atoms with Gasteiger partial charge in [0, 0.05) is 0 Å². The van der Waals surface area contributed by atoms with Crippen molar-refractivity contribution in [2.75, 3.05) is 7.11 Å². The fraction of sp³-hybridized carbons (Fsp3) is 0.923. The van der Waals surface area contributed by atoms with E-state index in [0.717, 1.165) is 12.8 Å². The molecule has 1 fully saturated rings. The molecule has 4 heteroatoms. The molecule has 4 atom stereocenters. The van der Waals surface area contributed by atoms with E-state index in [4.69, 9.17) is 9.47 Å². The molecule has 100 valence electrons. The van der Waals surface area contributed by atoms with Gasteiger partial charge in [0.25, 0.3) is 0 Å². The Hall–Kier alpha value is -0.0900. The lowest BCUT2D eigenvalue weighted by atomic mass is 9.84. The van der Waals surface area contributed by atoms with Crippen LogP contribution in [0.4, 0.5) is 0 Å². The summed E-state index contributed by atoms with van der Waals surface area (Å²) in [7, 11) is 1.41. The first-order valence-corrected chi connectivity index (χ1v) is 7.02. The standard InChI is InChI=1S/C13H23BrO3/c1-8(2)11-9(3)6-7-10(17-11)13(4,14)12(15)16-5/h8-11H,6-7H2,1-5H3/t9-,10+,11-,13?/m1/s1. The van der Waals surface area contributed by atoms with Gasteiger partial charge >= 0.3 is 5.97 Å². The molecule has 1 aliphatic heterocycles. The molecule has 1 saturated heterocycles. The number of halogens is 1. The Bertz CT molecular complexity index is 276. The number of hydrogen-bond acceptors (Lipinski definition) is 3. The van der Waals surface area contributed by atoms with E-state index in [1.807, 2.05) is 6.92 Å². The highest BCUT2D eigenvalue weighted by Crippen LogP contribution is 2.37. The molecule has 0 aliphatic carbocycles. The quantitative estimate of drug-likeness (QED) is 0.593. The van der Waals surface area contributed by atoms with Crippen LogP contribution in [0, 0.1) is 11.8 Å². The van der Waals surface area contributed by atoms with Gasteiger partial charge in [-0.15, -0.1) is 0 Å². The van der Waals surface area contributed by atoms with Gasteiger partial charge in [-0.25, -0.2) is 0 Å². The molecule has 0 radical (unpaired) electrons. The van der Waals surface area contributed by atoms with E-state index in [-0.39, 0.29) is 18.2 Å². The van der Waals surface area contributed by atoms with Gasteiger partial charge in [0.2, 0.25) is 0 Å². The van der Waals surface area contributed by atoms with Crippen molar-refractivity contribution in [2.24, 2.45) is 11.8 Å². The Kier molecular flexibility index (Phi) is 5.02.